The molecule has 0 saturated heterocycles. The molecule has 4 nitrogen and oxygen atoms in total. The summed E-state index contributed by atoms with van der Waals surface area (Å²) in [5, 5.41) is 2.67. The summed E-state index contributed by atoms with van der Waals surface area (Å²) in [4.78, 5) is 11.9. The number of benzene rings is 1. The van der Waals surface area contributed by atoms with Crippen LogP contribution in [-0.2, 0) is 6.54 Å². The molecule has 3 N–H and O–H groups in total. The van der Waals surface area contributed by atoms with E-state index in [9.17, 15) is 9.18 Å². The van der Waals surface area contributed by atoms with Crippen LogP contribution in [0.15, 0.2) is 41.2 Å². The van der Waals surface area contributed by atoms with Crippen LogP contribution >= 0.6 is 0 Å². The number of rotatable bonds is 3. The van der Waals surface area contributed by atoms with Crippen LogP contribution in [0.25, 0.3) is 0 Å². The van der Waals surface area contributed by atoms with Gasteiger partial charge in [0.2, 0.25) is 0 Å². The zero-order valence-electron chi connectivity index (χ0n) is 10.7. The van der Waals surface area contributed by atoms with Crippen LogP contribution in [0, 0.1) is 17.7 Å². The monoisotopic (exact) mass is 272 g/mol. The van der Waals surface area contributed by atoms with Crippen LogP contribution < -0.4 is 11.1 Å². The summed E-state index contributed by atoms with van der Waals surface area (Å²) in [6, 6.07) is 5.89. The number of carbonyl (C=O) groups excluding carboxylic acids is 1. The Bertz CT molecular complexity index is 654. The van der Waals surface area contributed by atoms with Crippen LogP contribution in [0.1, 0.15) is 21.5 Å². The first-order chi connectivity index (χ1) is 9.70. The lowest BCUT2D eigenvalue weighted by Gasteiger charge is -2.04. The smallest absolute Gasteiger partial charge is 0.251 e. The first-order valence-corrected chi connectivity index (χ1v) is 5.98. The van der Waals surface area contributed by atoms with Gasteiger partial charge in [0.1, 0.15) is 5.82 Å². The summed E-state index contributed by atoms with van der Waals surface area (Å²) in [6.45, 7) is 0.484. The number of nitrogens with two attached hydrogens (primary N) is 1. The number of hydrogen-bond donors (Lipinski definition) is 2. The Morgan fingerprint density at radius 3 is 2.90 bits per heavy atom. The number of furan rings is 1. The molecule has 0 unspecified atom stereocenters. The van der Waals surface area contributed by atoms with Gasteiger partial charge in [0.05, 0.1) is 24.6 Å². The standard InChI is InChI=1S/C15H13FN2O2/c16-14-8-13(4-3-12(14)2-1-6-17)15(19)18-9-11-5-7-20-10-11/h3-5,7-8,10H,6,9,17H2,(H,18,19). The van der Waals surface area contributed by atoms with Gasteiger partial charge in [-0.1, -0.05) is 11.8 Å². The minimum atomic E-state index is -0.540. The molecular weight excluding hydrogens is 259 g/mol. The molecule has 0 aliphatic carbocycles. The number of hydrogen-bond acceptors (Lipinski definition) is 3. The molecule has 0 saturated carbocycles. The van der Waals surface area contributed by atoms with Crippen LogP contribution in [0.5, 0.6) is 0 Å². The molecule has 2 rings (SSSR count). The van der Waals surface area contributed by atoms with E-state index in [-0.39, 0.29) is 23.6 Å². The van der Waals surface area contributed by atoms with Gasteiger partial charge in [-0.15, -0.1) is 0 Å². The molecule has 0 fully saturated rings. The van der Waals surface area contributed by atoms with Crippen molar-refractivity contribution in [2.45, 2.75) is 6.54 Å². The topological polar surface area (TPSA) is 68.3 Å². The van der Waals surface area contributed by atoms with Gasteiger partial charge in [-0.05, 0) is 24.3 Å². The number of carbonyl (C=O) groups is 1. The molecule has 0 radical (unpaired) electrons. The van der Waals surface area contributed by atoms with Crippen molar-refractivity contribution in [2.24, 2.45) is 5.73 Å². The van der Waals surface area contributed by atoms with E-state index < -0.39 is 5.82 Å². The normalized spacial score (nSPS) is 9.70. The molecule has 0 aliphatic heterocycles. The maximum absolute atomic E-state index is 13.7. The predicted molar refractivity (Wildman–Crippen MR) is 72.2 cm³/mol. The van der Waals surface area contributed by atoms with Crippen molar-refractivity contribution in [2.75, 3.05) is 6.54 Å². The van der Waals surface area contributed by atoms with Crippen molar-refractivity contribution in [1.29, 1.82) is 0 Å². The summed E-state index contributed by atoms with van der Waals surface area (Å²) >= 11 is 0. The Hall–Kier alpha value is -2.58. The SMILES string of the molecule is NCC#Cc1ccc(C(=O)NCc2ccoc2)cc1F. The van der Waals surface area contributed by atoms with Crippen molar-refractivity contribution in [1.82, 2.24) is 5.32 Å². The Morgan fingerprint density at radius 1 is 1.40 bits per heavy atom. The molecule has 1 heterocycles. The van der Waals surface area contributed by atoms with Gasteiger partial charge in [-0.25, -0.2) is 4.39 Å². The maximum atomic E-state index is 13.7. The molecule has 102 valence electrons. The number of halogens is 1. The number of nitrogens with one attached hydrogen (secondary N) is 1. The molecule has 1 aromatic carbocycles. The van der Waals surface area contributed by atoms with Crippen LogP contribution in [0.3, 0.4) is 0 Å². The van der Waals surface area contributed by atoms with E-state index in [2.05, 4.69) is 17.2 Å². The Kier molecular flexibility index (Phi) is 4.53. The molecule has 0 atom stereocenters. The average molecular weight is 272 g/mol. The molecule has 5 heteroatoms. The Labute approximate surface area is 115 Å². The second-order valence-electron chi connectivity index (χ2n) is 4.01. The lowest BCUT2D eigenvalue weighted by atomic mass is 10.1. The maximum Gasteiger partial charge on any atom is 0.251 e. The lowest BCUT2D eigenvalue weighted by Crippen LogP contribution is -2.22. The Morgan fingerprint density at radius 2 is 2.25 bits per heavy atom. The fraction of sp³-hybridized carbons (Fsp3) is 0.133. The summed E-state index contributed by atoms with van der Waals surface area (Å²) in [6.07, 6.45) is 3.05. The fourth-order valence-electron chi connectivity index (χ4n) is 1.58. The summed E-state index contributed by atoms with van der Waals surface area (Å²) in [5.41, 5.74) is 6.52. The van der Waals surface area contributed by atoms with Crippen molar-refractivity contribution in [3.05, 3.63) is 59.3 Å². The van der Waals surface area contributed by atoms with E-state index in [0.29, 0.717) is 6.54 Å². The van der Waals surface area contributed by atoms with Gasteiger partial charge in [-0.2, -0.15) is 0 Å². The predicted octanol–water partition coefficient (Wildman–Crippen LogP) is 1.66. The minimum absolute atomic E-state index is 0.159. The molecule has 1 amide bonds. The molecule has 0 spiro atoms. The first-order valence-electron chi connectivity index (χ1n) is 5.98. The molecule has 2 aromatic rings. The van der Waals surface area contributed by atoms with Gasteiger partial charge in [-0.3, -0.25) is 4.79 Å². The highest BCUT2D eigenvalue weighted by Gasteiger charge is 2.09. The van der Waals surface area contributed by atoms with Crippen molar-refractivity contribution < 1.29 is 13.6 Å². The Balaban J connectivity index is 2.05. The molecule has 20 heavy (non-hydrogen) atoms. The summed E-state index contributed by atoms with van der Waals surface area (Å²) in [5.74, 6) is 4.27. The van der Waals surface area contributed by atoms with Gasteiger partial charge in [0.25, 0.3) is 5.91 Å². The second kappa shape index (κ2) is 6.55. The fourth-order valence-corrected chi connectivity index (χ4v) is 1.58. The van der Waals surface area contributed by atoms with Crippen molar-refractivity contribution in [3.8, 4) is 11.8 Å². The van der Waals surface area contributed by atoms with Crippen molar-refractivity contribution >= 4 is 5.91 Å². The van der Waals surface area contributed by atoms with Crippen LogP contribution in [-0.4, -0.2) is 12.5 Å². The number of amides is 1. The summed E-state index contributed by atoms with van der Waals surface area (Å²) < 4.78 is 18.6. The summed E-state index contributed by atoms with van der Waals surface area (Å²) in [7, 11) is 0. The van der Waals surface area contributed by atoms with E-state index in [4.69, 9.17) is 10.2 Å². The van der Waals surface area contributed by atoms with Gasteiger partial charge in [0.15, 0.2) is 0 Å². The molecule has 0 bridgehead atoms. The zero-order chi connectivity index (χ0) is 14.4. The van der Waals surface area contributed by atoms with Crippen molar-refractivity contribution in [3.63, 3.8) is 0 Å². The van der Waals surface area contributed by atoms with E-state index in [0.717, 1.165) is 11.6 Å². The van der Waals surface area contributed by atoms with E-state index >= 15 is 0 Å². The third-order valence-corrected chi connectivity index (χ3v) is 2.59. The molecular formula is C15H13FN2O2. The van der Waals surface area contributed by atoms with Crippen LogP contribution in [0.4, 0.5) is 4.39 Å². The average Bonchev–Trinajstić information content (AvgIpc) is 2.96. The van der Waals surface area contributed by atoms with E-state index in [1.165, 1.54) is 24.7 Å². The zero-order valence-corrected chi connectivity index (χ0v) is 10.7. The van der Waals surface area contributed by atoms with Gasteiger partial charge >= 0.3 is 0 Å². The highest BCUT2D eigenvalue weighted by molar-refractivity contribution is 5.94. The van der Waals surface area contributed by atoms with E-state index in [1.54, 1.807) is 6.07 Å². The van der Waals surface area contributed by atoms with Crippen LogP contribution in [0.2, 0.25) is 0 Å². The highest BCUT2D eigenvalue weighted by atomic mass is 19.1. The minimum Gasteiger partial charge on any atom is -0.472 e. The third kappa shape index (κ3) is 3.46. The van der Waals surface area contributed by atoms with Gasteiger partial charge in [0, 0.05) is 17.7 Å². The highest BCUT2D eigenvalue weighted by Crippen LogP contribution is 2.10. The third-order valence-electron chi connectivity index (χ3n) is 2.59. The second-order valence-corrected chi connectivity index (χ2v) is 4.01. The molecule has 0 aliphatic rings. The molecule has 1 aromatic heterocycles. The quantitative estimate of drug-likeness (QED) is 0.835. The van der Waals surface area contributed by atoms with Gasteiger partial charge < -0.3 is 15.5 Å². The lowest BCUT2D eigenvalue weighted by molar-refractivity contribution is 0.0950. The first kappa shape index (κ1) is 13.8. The largest absolute Gasteiger partial charge is 0.472 e. The van der Waals surface area contributed by atoms with E-state index in [1.807, 2.05) is 0 Å².